The van der Waals surface area contributed by atoms with Gasteiger partial charge in [0.25, 0.3) is 0 Å². The van der Waals surface area contributed by atoms with Crippen molar-refractivity contribution in [2.24, 2.45) is 0 Å². The normalized spacial score (nSPS) is 10.6. The van der Waals surface area contributed by atoms with E-state index in [2.05, 4.69) is 22.1 Å². The first kappa shape index (κ1) is 22.1. The molecule has 2 aromatic carbocycles. The molecule has 0 aliphatic carbocycles. The number of thioether (sulfide) groups is 1. The molecule has 0 unspecified atom stereocenters. The van der Waals surface area contributed by atoms with Gasteiger partial charge in [-0.2, -0.15) is 0 Å². The molecule has 0 bridgehead atoms. The molecule has 156 valence electrons. The number of hydrogen-bond acceptors (Lipinski definition) is 5. The number of benzene rings is 2. The Morgan fingerprint density at radius 3 is 2.80 bits per heavy atom. The summed E-state index contributed by atoms with van der Waals surface area (Å²) in [5, 5.41) is 12.1. The minimum absolute atomic E-state index is 0.0205. The molecule has 1 N–H and O–H groups in total. The smallest absolute Gasteiger partial charge is 0.234 e. The summed E-state index contributed by atoms with van der Waals surface area (Å²) in [6.07, 6.45) is 1.67. The average molecular weight is 467 g/mol. The molecule has 1 heterocycles. The number of para-hydroxylation sites is 1. The Balaban J connectivity index is 1.64. The number of anilines is 1. The number of carbonyl (C=O) groups excluding carboxylic acids is 1. The topological polar surface area (TPSA) is 69.0 Å². The summed E-state index contributed by atoms with van der Waals surface area (Å²) in [6.45, 7) is 4.16. The fraction of sp³-hybridized carbons (Fsp3) is 0.150. The lowest BCUT2D eigenvalue weighted by Gasteiger charge is -2.10. The first-order valence-corrected chi connectivity index (χ1v) is 10.5. The maximum atomic E-state index is 13.7. The Morgan fingerprint density at radius 2 is 2.03 bits per heavy atom. The van der Waals surface area contributed by atoms with E-state index in [9.17, 15) is 9.18 Å². The molecule has 6 nitrogen and oxygen atoms in total. The van der Waals surface area contributed by atoms with Crippen molar-refractivity contribution in [1.29, 1.82) is 0 Å². The number of aromatic nitrogens is 3. The van der Waals surface area contributed by atoms with Gasteiger partial charge in [0.2, 0.25) is 5.91 Å². The first-order valence-electron chi connectivity index (χ1n) is 8.76. The van der Waals surface area contributed by atoms with Gasteiger partial charge >= 0.3 is 0 Å². The van der Waals surface area contributed by atoms with Crippen LogP contribution in [0.4, 0.5) is 10.1 Å². The Hall–Kier alpha value is -2.55. The highest BCUT2D eigenvalue weighted by Gasteiger charge is 2.15. The second-order valence-electron chi connectivity index (χ2n) is 5.96. The van der Waals surface area contributed by atoms with Gasteiger partial charge in [0.05, 0.1) is 21.5 Å². The van der Waals surface area contributed by atoms with Crippen LogP contribution >= 0.6 is 35.0 Å². The lowest BCUT2D eigenvalue weighted by molar-refractivity contribution is -0.113. The van der Waals surface area contributed by atoms with Gasteiger partial charge in [-0.25, -0.2) is 4.39 Å². The SMILES string of the molecule is C=CCn1c(COc2ccccc2F)nnc1SCC(=O)Nc1cccc(Cl)c1Cl. The van der Waals surface area contributed by atoms with Crippen molar-refractivity contribution in [3.8, 4) is 5.75 Å². The lowest BCUT2D eigenvalue weighted by atomic mass is 10.3. The van der Waals surface area contributed by atoms with Gasteiger partial charge < -0.3 is 10.1 Å². The number of allylic oxidation sites excluding steroid dienone is 1. The van der Waals surface area contributed by atoms with Gasteiger partial charge in [-0.05, 0) is 24.3 Å². The van der Waals surface area contributed by atoms with Gasteiger partial charge in [0, 0.05) is 6.54 Å². The number of nitrogens with zero attached hydrogens (tertiary/aromatic N) is 3. The van der Waals surface area contributed by atoms with Crippen molar-refractivity contribution in [3.05, 3.63) is 76.8 Å². The van der Waals surface area contributed by atoms with Crippen molar-refractivity contribution in [3.63, 3.8) is 0 Å². The maximum Gasteiger partial charge on any atom is 0.234 e. The van der Waals surface area contributed by atoms with Gasteiger partial charge in [0.1, 0.15) is 6.61 Å². The van der Waals surface area contributed by atoms with E-state index >= 15 is 0 Å². The number of rotatable bonds is 9. The molecule has 0 spiro atoms. The number of nitrogens with one attached hydrogen (secondary N) is 1. The number of ether oxygens (including phenoxy) is 1. The summed E-state index contributed by atoms with van der Waals surface area (Å²) in [7, 11) is 0. The summed E-state index contributed by atoms with van der Waals surface area (Å²) in [6, 6.07) is 11.1. The third-order valence-corrected chi connectivity index (χ3v) is 5.64. The Bertz CT molecular complexity index is 1060. The van der Waals surface area contributed by atoms with Crippen LogP contribution in [0.2, 0.25) is 10.0 Å². The van der Waals surface area contributed by atoms with Crippen molar-refractivity contribution in [1.82, 2.24) is 14.8 Å². The van der Waals surface area contributed by atoms with E-state index in [1.807, 2.05) is 0 Å². The number of hydrogen-bond donors (Lipinski definition) is 1. The quantitative estimate of drug-likeness (QED) is 0.345. The number of halogens is 3. The van der Waals surface area contributed by atoms with Crippen LogP contribution in [0.1, 0.15) is 5.82 Å². The fourth-order valence-electron chi connectivity index (χ4n) is 2.47. The second-order valence-corrected chi connectivity index (χ2v) is 7.68. The van der Waals surface area contributed by atoms with Crippen LogP contribution in [-0.4, -0.2) is 26.4 Å². The molecule has 0 aliphatic rings. The minimum atomic E-state index is -0.460. The van der Waals surface area contributed by atoms with Gasteiger partial charge in [-0.15, -0.1) is 16.8 Å². The monoisotopic (exact) mass is 466 g/mol. The zero-order chi connectivity index (χ0) is 21.5. The molecule has 0 saturated carbocycles. The molecule has 10 heteroatoms. The molecule has 1 amide bonds. The highest BCUT2D eigenvalue weighted by molar-refractivity contribution is 7.99. The molecule has 30 heavy (non-hydrogen) atoms. The largest absolute Gasteiger partial charge is 0.483 e. The second kappa shape index (κ2) is 10.5. The third-order valence-electron chi connectivity index (χ3n) is 3.86. The highest BCUT2D eigenvalue weighted by atomic mass is 35.5. The fourth-order valence-corrected chi connectivity index (χ4v) is 3.58. The molecule has 3 rings (SSSR count). The van der Waals surface area contributed by atoms with Crippen LogP contribution < -0.4 is 10.1 Å². The van der Waals surface area contributed by atoms with E-state index in [0.717, 1.165) is 0 Å². The van der Waals surface area contributed by atoms with Crippen molar-refractivity contribution in [2.75, 3.05) is 11.1 Å². The van der Waals surface area contributed by atoms with E-state index in [4.69, 9.17) is 27.9 Å². The van der Waals surface area contributed by atoms with Crippen molar-refractivity contribution < 1.29 is 13.9 Å². The molecule has 0 aliphatic heterocycles. The molecule has 0 atom stereocenters. The van der Waals surface area contributed by atoms with Crippen LogP contribution in [0.25, 0.3) is 0 Å². The Morgan fingerprint density at radius 1 is 1.23 bits per heavy atom. The molecule has 1 aromatic heterocycles. The molecule has 0 fully saturated rings. The average Bonchev–Trinajstić information content (AvgIpc) is 3.11. The van der Waals surface area contributed by atoms with Crippen molar-refractivity contribution >= 4 is 46.6 Å². The summed E-state index contributed by atoms with van der Waals surface area (Å²) >= 11 is 13.2. The zero-order valence-electron chi connectivity index (χ0n) is 15.6. The summed E-state index contributed by atoms with van der Waals surface area (Å²) < 4.78 is 21.0. The zero-order valence-corrected chi connectivity index (χ0v) is 18.0. The number of amides is 1. The molecule has 0 radical (unpaired) electrons. The van der Waals surface area contributed by atoms with E-state index < -0.39 is 5.82 Å². The third kappa shape index (κ3) is 5.53. The molecule has 3 aromatic rings. The molecule has 0 saturated heterocycles. The van der Waals surface area contributed by atoms with E-state index in [-0.39, 0.29) is 29.0 Å². The van der Waals surface area contributed by atoms with Crippen LogP contribution in [0.3, 0.4) is 0 Å². The number of carbonyl (C=O) groups is 1. The van der Waals surface area contributed by atoms with Crippen molar-refractivity contribution in [2.45, 2.75) is 18.3 Å². The van der Waals surface area contributed by atoms with Crippen LogP contribution in [0, 0.1) is 5.82 Å². The predicted octanol–water partition coefficient (Wildman–Crippen LogP) is 5.22. The highest BCUT2D eigenvalue weighted by Crippen LogP contribution is 2.30. The van der Waals surface area contributed by atoms with E-state index in [1.165, 1.54) is 23.9 Å². The van der Waals surface area contributed by atoms with E-state index in [0.29, 0.717) is 28.2 Å². The van der Waals surface area contributed by atoms with Crippen LogP contribution in [0.5, 0.6) is 5.75 Å². The molecular formula is C20H17Cl2FN4O2S. The summed E-state index contributed by atoms with van der Waals surface area (Å²) in [5.74, 6) is -0.0528. The maximum absolute atomic E-state index is 13.7. The Kier molecular flexibility index (Phi) is 7.73. The van der Waals surface area contributed by atoms with Gasteiger partial charge in [-0.1, -0.05) is 59.2 Å². The first-order chi connectivity index (χ1) is 14.5. The van der Waals surface area contributed by atoms with Gasteiger partial charge in [-0.3, -0.25) is 9.36 Å². The van der Waals surface area contributed by atoms with E-state index in [1.54, 1.807) is 41.0 Å². The molecular weight excluding hydrogens is 450 g/mol. The van der Waals surface area contributed by atoms with Crippen LogP contribution in [0.15, 0.2) is 60.3 Å². The summed E-state index contributed by atoms with van der Waals surface area (Å²) in [4.78, 5) is 12.3. The Labute approximate surface area is 187 Å². The minimum Gasteiger partial charge on any atom is -0.483 e. The lowest BCUT2D eigenvalue weighted by Crippen LogP contribution is -2.15. The van der Waals surface area contributed by atoms with Crippen LogP contribution in [-0.2, 0) is 17.9 Å². The summed E-state index contributed by atoms with van der Waals surface area (Å²) in [5.41, 5.74) is 0.432. The predicted molar refractivity (Wildman–Crippen MR) is 117 cm³/mol. The van der Waals surface area contributed by atoms with Gasteiger partial charge in [0.15, 0.2) is 22.5 Å². The standard InChI is InChI=1S/C20H17Cl2FN4O2S/c1-2-10-27-17(11-29-16-9-4-3-7-14(16)23)25-26-20(27)30-12-18(28)24-15-8-5-6-13(21)19(15)22/h2-9H,1,10-12H2,(H,24,28).